The minimum absolute atomic E-state index is 0. The van der Waals surface area contributed by atoms with E-state index in [1.54, 1.807) is 13.1 Å². The first-order valence-electron chi connectivity index (χ1n) is 10.9. The highest BCUT2D eigenvalue weighted by Gasteiger charge is 2.27. The van der Waals surface area contributed by atoms with Crippen LogP contribution < -0.4 is 10.6 Å². The molecule has 0 bridgehead atoms. The predicted octanol–water partition coefficient (Wildman–Crippen LogP) is 2.82. The van der Waals surface area contributed by atoms with Gasteiger partial charge >= 0.3 is 0 Å². The number of morpholine rings is 1. The van der Waals surface area contributed by atoms with Gasteiger partial charge in [0.05, 0.1) is 18.1 Å². The molecule has 9 heteroatoms. The van der Waals surface area contributed by atoms with Crippen molar-refractivity contribution in [1.29, 1.82) is 0 Å². The Kier molecular flexibility index (Phi) is 12.3. The predicted molar refractivity (Wildman–Crippen MR) is 138 cm³/mol. The van der Waals surface area contributed by atoms with Crippen LogP contribution in [-0.4, -0.2) is 71.5 Å². The lowest BCUT2D eigenvalue weighted by atomic mass is 9.92. The minimum atomic E-state index is -3.20. The third-order valence-corrected chi connectivity index (χ3v) is 7.17. The van der Waals surface area contributed by atoms with Crippen LogP contribution in [0.15, 0.2) is 28.1 Å². The molecule has 1 aliphatic rings. The Morgan fingerprint density at radius 1 is 1.19 bits per heavy atom. The van der Waals surface area contributed by atoms with Gasteiger partial charge in [0.2, 0.25) is 0 Å². The average Bonchev–Trinajstić information content (AvgIpc) is 2.72. The topological polar surface area (TPSA) is 83.0 Å². The number of hydrogen-bond donors (Lipinski definition) is 2. The molecule has 1 fully saturated rings. The van der Waals surface area contributed by atoms with Gasteiger partial charge in [-0.3, -0.25) is 9.89 Å². The summed E-state index contributed by atoms with van der Waals surface area (Å²) in [7, 11) is -1.43. The number of benzene rings is 1. The van der Waals surface area contributed by atoms with E-state index in [-0.39, 0.29) is 24.0 Å². The standard InChI is InChI=1S/C22H38N4O3S.HI/c1-6-19(7-2)20(26-10-12-29-13-11-26)16-25-22(23-4)24-15-18-8-9-21(17(3)14-18)30(5,27)28;/h8-9,14,19-20H,6-7,10-13,15-16H2,1-5H3,(H2,23,24,25);1H. The molecule has 1 saturated heterocycles. The number of guanidine groups is 1. The Morgan fingerprint density at radius 3 is 2.35 bits per heavy atom. The summed E-state index contributed by atoms with van der Waals surface area (Å²) < 4.78 is 29.1. The van der Waals surface area contributed by atoms with Gasteiger partial charge in [-0.1, -0.05) is 38.8 Å². The first-order chi connectivity index (χ1) is 14.3. The van der Waals surface area contributed by atoms with Gasteiger partial charge in [0.15, 0.2) is 15.8 Å². The molecular weight excluding hydrogens is 527 g/mol. The van der Waals surface area contributed by atoms with E-state index in [0.29, 0.717) is 23.4 Å². The second-order valence-corrected chi connectivity index (χ2v) is 9.96. The van der Waals surface area contributed by atoms with Crippen molar-refractivity contribution >= 4 is 39.8 Å². The van der Waals surface area contributed by atoms with Crippen molar-refractivity contribution in [2.75, 3.05) is 46.2 Å². The third kappa shape index (κ3) is 8.51. The van der Waals surface area contributed by atoms with Crippen LogP contribution in [0, 0.1) is 12.8 Å². The number of nitrogens with zero attached hydrogens (tertiary/aromatic N) is 2. The molecule has 0 aliphatic carbocycles. The summed E-state index contributed by atoms with van der Waals surface area (Å²) in [5.74, 6) is 1.38. The van der Waals surface area contributed by atoms with Crippen LogP contribution in [0.4, 0.5) is 0 Å². The Hall–Kier alpha value is -0.910. The van der Waals surface area contributed by atoms with Crippen LogP contribution in [0.1, 0.15) is 37.8 Å². The van der Waals surface area contributed by atoms with Crippen molar-refractivity contribution < 1.29 is 13.2 Å². The summed E-state index contributed by atoms with van der Waals surface area (Å²) in [6.45, 7) is 11.3. The summed E-state index contributed by atoms with van der Waals surface area (Å²) in [6.07, 6.45) is 3.54. The van der Waals surface area contributed by atoms with Gasteiger partial charge in [-0.2, -0.15) is 0 Å². The van der Waals surface area contributed by atoms with E-state index in [9.17, 15) is 8.42 Å². The van der Waals surface area contributed by atoms with Gasteiger partial charge in [-0.25, -0.2) is 8.42 Å². The van der Waals surface area contributed by atoms with Crippen molar-refractivity contribution in [3.05, 3.63) is 29.3 Å². The molecule has 0 saturated carbocycles. The van der Waals surface area contributed by atoms with E-state index >= 15 is 0 Å². The number of hydrogen-bond acceptors (Lipinski definition) is 5. The fraction of sp³-hybridized carbons (Fsp3) is 0.682. The molecule has 1 aromatic carbocycles. The van der Waals surface area contributed by atoms with E-state index in [0.717, 1.165) is 62.8 Å². The molecule has 1 aliphatic heterocycles. The largest absolute Gasteiger partial charge is 0.379 e. The molecule has 31 heavy (non-hydrogen) atoms. The number of aliphatic imine (C=N–C) groups is 1. The second kappa shape index (κ2) is 13.6. The quantitative estimate of drug-likeness (QED) is 0.272. The second-order valence-electron chi connectivity index (χ2n) is 7.97. The zero-order chi connectivity index (χ0) is 22.1. The third-order valence-electron chi connectivity index (χ3n) is 5.91. The molecule has 7 nitrogen and oxygen atoms in total. The Bertz CT molecular complexity index is 807. The van der Waals surface area contributed by atoms with Crippen LogP contribution in [-0.2, 0) is 21.1 Å². The summed E-state index contributed by atoms with van der Waals surface area (Å²) in [6, 6.07) is 5.89. The smallest absolute Gasteiger partial charge is 0.191 e. The molecule has 2 N–H and O–H groups in total. The molecule has 2 rings (SSSR count). The molecule has 1 heterocycles. The van der Waals surface area contributed by atoms with E-state index in [4.69, 9.17) is 4.74 Å². The van der Waals surface area contributed by atoms with Crippen molar-refractivity contribution in [3.63, 3.8) is 0 Å². The molecule has 1 atom stereocenters. The highest BCUT2D eigenvalue weighted by Crippen LogP contribution is 2.20. The molecule has 178 valence electrons. The maximum Gasteiger partial charge on any atom is 0.191 e. The molecule has 0 amide bonds. The average molecular weight is 567 g/mol. The minimum Gasteiger partial charge on any atom is -0.379 e. The zero-order valence-corrected chi connectivity index (χ0v) is 22.6. The lowest BCUT2D eigenvalue weighted by Crippen LogP contribution is -2.53. The molecule has 1 unspecified atom stereocenters. The first-order valence-corrected chi connectivity index (χ1v) is 12.7. The van der Waals surface area contributed by atoms with Gasteiger partial charge < -0.3 is 15.4 Å². The Morgan fingerprint density at radius 2 is 1.84 bits per heavy atom. The van der Waals surface area contributed by atoms with Crippen LogP contribution in [0.5, 0.6) is 0 Å². The number of nitrogens with one attached hydrogen (secondary N) is 2. The maximum atomic E-state index is 11.8. The van der Waals surface area contributed by atoms with Crippen molar-refractivity contribution in [1.82, 2.24) is 15.5 Å². The van der Waals surface area contributed by atoms with Gasteiger partial charge in [0, 0.05) is 45.5 Å². The van der Waals surface area contributed by atoms with E-state index in [1.807, 2.05) is 19.1 Å². The monoisotopic (exact) mass is 566 g/mol. The SMILES string of the molecule is CCC(CC)C(CNC(=NC)NCc1ccc(S(C)(=O)=O)c(C)c1)N1CCOCC1.I. The summed E-state index contributed by atoms with van der Waals surface area (Å²) in [5.41, 5.74) is 1.79. The van der Waals surface area contributed by atoms with E-state index in [1.165, 1.54) is 6.26 Å². The number of halogens is 1. The van der Waals surface area contributed by atoms with Crippen LogP contribution in [0.3, 0.4) is 0 Å². The van der Waals surface area contributed by atoms with Gasteiger partial charge in [0.1, 0.15) is 0 Å². The number of sulfone groups is 1. The van der Waals surface area contributed by atoms with E-state index in [2.05, 4.69) is 34.4 Å². The van der Waals surface area contributed by atoms with E-state index < -0.39 is 9.84 Å². The molecule has 0 aromatic heterocycles. The lowest BCUT2D eigenvalue weighted by Gasteiger charge is -2.39. The normalized spacial score (nSPS) is 16.6. The zero-order valence-electron chi connectivity index (χ0n) is 19.5. The summed E-state index contributed by atoms with van der Waals surface area (Å²) in [4.78, 5) is 7.28. The van der Waals surface area contributed by atoms with Crippen molar-refractivity contribution in [2.24, 2.45) is 10.9 Å². The molecule has 0 radical (unpaired) electrons. The highest BCUT2D eigenvalue weighted by atomic mass is 127. The summed E-state index contributed by atoms with van der Waals surface area (Å²) in [5, 5.41) is 6.85. The molecule has 1 aromatic rings. The number of ether oxygens (including phenoxy) is 1. The Balaban J connectivity index is 0.00000480. The fourth-order valence-electron chi connectivity index (χ4n) is 4.18. The summed E-state index contributed by atoms with van der Waals surface area (Å²) >= 11 is 0. The van der Waals surface area contributed by atoms with Crippen LogP contribution in [0.25, 0.3) is 0 Å². The first kappa shape index (κ1) is 28.1. The van der Waals surface area contributed by atoms with Crippen LogP contribution in [0.2, 0.25) is 0 Å². The lowest BCUT2D eigenvalue weighted by molar-refractivity contribution is 0.00272. The van der Waals surface area contributed by atoms with Gasteiger partial charge in [-0.05, 0) is 30.0 Å². The maximum absolute atomic E-state index is 11.8. The fourth-order valence-corrected chi connectivity index (χ4v) is 5.14. The number of aryl methyl sites for hydroxylation is 1. The highest BCUT2D eigenvalue weighted by molar-refractivity contribution is 14.0. The molecule has 0 spiro atoms. The van der Waals surface area contributed by atoms with Gasteiger partial charge in [0.25, 0.3) is 0 Å². The van der Waals surface area contributed by atoms with Crippen LogP contribution >= 0.6 is 24.0 Å². The van der Waals surface area contributed by atoms with Gasteiger partial charge in [-0.15, -0.1) is 24.0 Å². The van der Waals surface area contributed by atoms with Crippen molar-refractivity contribution in [3.8, 4) is 0 Å². The van der Waals surface area contributed by atoms with Crippen molar-refractivity contribution in [2.45, 2.75) is 51.1 Å². The molecular formula is C22H39IN4O3S. The number of rotatable bonds is 9. The Labute approximate surface area is 205 Å².